The lowest BCUT2D eigenvalue weighted by Crippen LogP contribution is -2.40. The molecule has 1 aliphatic rings. The van der Waals surface area contributed by atoms with Crippen LogP contribution in [0.3, 0.4) is 0 Å². The van der Waals surface area contributed by atoms with Gasteiger partial charge in [0.25, 0.3) is 0 Å². The zero-order valence-corrected chi connectivity index (χ0v) is 15.9. The molecule has 2 aromatic carbocycles. The predicted octanol–water partition coefficient (Wildman–Crippen LogP) is 3.76. The molecule has 0 aliphatic carbocycles. The number of halogens is 4. The number of ether oxygens (including phenoxy) is 1. The molecule has 6 nitrogen and oxygen atoms in total. The molecule has 0 bridgehead atoms. The number of alkyl halides is 3. The molecular weight excluding hydrogens is 407 g/mol. The van der Waals surface area contributed by atoms with Crippen molar-refractivity contribution in [3.63, 3.8) is 0 Å². The second-order valence-corrected chi connectivity index (χ2v) is 7.04. The van der Waals surface area contributed by atoms with Crippen LogP contribution in [0.25, 0.3) is 5.69 Å². The summed E-state index contributed by atoms with van der Waals surface area (Å²) in [5.74, 6) is 0.411. The number of hydrogen-bond donors (Lipinski definition) is 0. The Morgan fingerprint density at radius 2 is 1.79 bits per heavy atom. The van der Waals surface area contributed by atoms with E-state index in [0.29, 0.717) is 37.2 Å². The van der Waals surface area contributed by atoms with E-state index in [1.54, 1.807) is 12.1 Å². The van der Waals surface area contributed by atoms with Crippen LogP contribution in [0.5, 0.6) is 0 Å². The summed E-state index contributed by atoms with van der Waals surface area (Å²) in [5, 5.41) is 12.4. The first-order valence-electron chi connectivity index (χ1n) is 8.96. The maximum Gasteiger partial charge on any atom is 0.416 e. The van der Waals surface area contributed by atoms with Gasteiger partial charge in [0, 0.05) is 18.1 Å². The highest BCUT2D eigenvalue weighted by atomic mass is 35.5. The summed E-state index contributed by atoms with van der Waals surface area (Å²) in [6, 6.07) is 11.8. The van der Waals surface area contributed by atoms with Crippen molar-refractivity contribution < 1.29 is 17.9 Å². The van der Waals surface area contributed by atoms with Gasteiger partial charge in [0.15, 0.2) is 5.82 Å². The maximum atomic E-state index is 13.2. The van der Waals surface area contributed by atoms with Gasteiger partial charge < -0.3 is 4.74 Å². The summed E-state index contributed by atoms with van der Waals surface area (Å²) >= 11 is 6.19. The molecule has 1 aliphatic heterocycles. The Balaban J connectivity index is 1.80. The van der Waals surface area contributed by atoms with Gasteiger partial charge in [0.05, 0.1) is 30.5 Å². The largest absolute Gasteiger partial charge is 0.416 e. The van der Waals surface area contributed by atoms with Crippen LogP contribution >= 0.6 is 11.6 Å². The fourth-order valence-corrected chi connectivity index (χ4v) is 3.60. The van der Waals surface area contributed by atoms with Crippen molar-refractivity contribution >= 4 is 11.6 Å². The Morgan fingerprint density at radius 3 is 2.52 bits per heavy atom. The third-order valence-electron chi connectivity index (χ3n) is 4.73. The maximum absolute atomic E-state index is 13.2. The minimum absolute atomic E-state index is 0.236. The summed E-state index contributed by atoms with van der Waals surface area (Å²) in [7, 11) is 0. The third-order valence-corrected chi connectivity index (χ3v) is 4.97. The molecule has 1 saturated heterocycles. The van der Waals surface area contributed by atoms with E-state index in [4.69, 9.17) is 16.3 Å². The van der Waals surface area contributed by atoms with Crippen molar-refractivity contribution in [1.82, 2.24) is 25.1 Å². The Kier molecular flexibility index (Phi) is 5.53. The highest BCUT2D eigenvalue weighted by Gasteiger charge is 2.32. The first-order valence-corrected chi connectivity index (χ1v) is 9.34. The highest BCUT2D eigenvalue weighted by molar-refractivity contribution is 6.30. The highest BCUT2D eigenvalue weighted by Crippen LogP contribution is 2.33. The van der Waals surface area contributed by atoms with E-state index in [0.717, 1.165) is 17.7 Å². The van der Waals surface area contributed by atoms with Gasteiger partial charge in [0.2, 0.25) is 0 Å². The number of tetrazole rings is 1. The van der Waals surface area contributed by atoms with E-state index >= 15 is 0 Å². The van der Waals surface area contributed by atoms with Crippen LogP contribution in [-0.4, -0.2) is 51.4 Å². The first kappa shape index (κ1) is 19.8. The lowest BCUT2D eigenvalue weighted by Gasteiger charge is -2.34. The SMILES string of the molecule is FC(F)(F)c1cccc(-n2nnnc2[C@H](c2cccc(Cl)c2)N2CCOCC2)c1. The fraction of sp³-hybridized carbons (Fsp3) is 0.316. The van der Waals surface area contributed by atoms with E-state index in [-0.39, 0.29) is 11.7 Å². The monoisotopic (exact) mass is 423 g/mol. The van der Waals surface area contributed by atoms with E-state index in [1.165, 1.54) is 10.7 Å². The smallest absolute Gasteiger partial charge is 0.379 e. The van der Waals surface area contributed by atoms with Crippen LogP contribution in [0, 0.1) is 0 Å². The lowest BCUT2D eigenvalue weighted by atomic mass is 10.0. The van der Waals surface area contributed by atoms with E-state index in [2.05, 4.69) is 20.4 Å². The number of hydrogen-bond acceptors (Lipinski definition) is 5. The number of benzene rings is 2. The van der Waals surface area contributed by atoms with Crippen LogP contribution in [0.1, 0.15) is 23.0 Å². The molecule has 1 aromatic heterocycles. The van der Waals surface area contributed by atoms with Crippen LogP contribution in [0.4, 0.5) is 13.2 Å². The van der Waals surface area contributed by atoms with Gasteiger partial charge in [-0.1, -0.05) is 29.8 Å². The van der Waals surface area contributed by atoms with Gasteiger partial charge in [-0.2, -0.15) is 17.9 Å². The molecule has 0 unspecified atom stereocenters. The summed E-state index contributed by atoms with van der Waals surface area (Å²) < 4.78 is 46.3. The molecule has 4 rings (SSSR count). The summed E-state index contributed by atoms with van der Waals surface area (Å²) in [6.07, 6.45) is -4.46. The zero-order valence-electron chi connectivity index (χ0n) is 15.2. The second-order valence-electron chi connectivity index (χ2n) is 6.60. The van der Waals surface area contributed by atoms with E-state index in [9.17, 15) is 13.2 Å². The number of rotatable bonds is 4. The minimum Gasteiger partial charge on any atom is -0.379 e. The molecule has 152 valence electrons. The molecular formula is C19H17ClF3N5O. The van der Waals surface area contributed by atoms with Crippen LogP contribution in [0.2, 0.25) is 5.02 Å². The van der Waals surface area contributed by atoms with Crippen molar-refractivity contribution in [3.05, 3.63) is 70.5 Å². The Morgan fingerprint density at radius 1 is 1.03 bits per heavy atom. The number of morpholine rings is 1. The Labute approximate surface area is 169 Å². The first-order chi connectivity index (χ1) is 13.9. The Bertz CT molecular complexity index is 988. The van der Waals surface area contributed by atoms with Gasteiger partial charge in [-0.25, -0.2) is 0 Å². The predicted molar refractivity (Wildman–Crippen MR) is 99.8 cm³/mol. The number of nitrogens with zero attached hydrogens (tertiary/aromatic N) is 5. The van der Waals surface area contributed by atoms with E-state index < -0.39 is 11.7 Å². The fourth-order valence-electron chi connectivity index (χ4n) is 3.40. The van der Waals surface area contributed by atoms with Crippen LogP contribution < -0.4 is 0 Å². The van der Waals surface area contributed by atoms with Crippen molar-refractivity contribution in [2.75, 3.05) is 26.3 Å². The molecule has 29 heavy (non-hydrogen) atoms. The van der Waals surface area contributed by atoms with Gasteiger partial charge in [0.1, 0.15) is 0 Å². The lowest BCUT2D eigenvalue weighted by molar-refractivity contribution is -0.137. The van der Waals surface area contributed by atoms with Crippen molar-refractivity contribution in [3.8, 4) is 5.69 Å². The molecule has 3 aromatic rings. The van der Waals surface area contributed by atoms with Gasteiger partial charge in [-0.05, 0) is 46.3 Å². The molecule has 0 radical (unpaired) electrons. The van der Waals surface area contributed by atoms with Crippen LogP contribution in [-0.2, 0) is 10.9 Å². The van der Waals surface area contributed by atoms with Crippen molar-refractivity contribution in [1.29, 1.82) is 0 Å². The molecule has 1 fully saturated rings. The normalized spacial score (nSPS) is 16.7. The quantitative estimate of drug-likeness (QED) is 0.639. The molecule has 0 saturated carbocycles. The Hall–Kier alpha value is -2.49. The average Bonchev–Trinajstić information content (AvgIpc) is 3.18. The molecule has 2 heterocycles. The third kappa shape index (κ3) is 4.26. The number of aromatic nitrogens is 4. The van der Waals surface area contributed by atoms with Gasteiger partial charge in [-0.3, -0.25) is 4.90 Å². The molecule has 0 amide bonds. The standard InChI is InChI=1S/C19H17ClF3N5O/c20-15-5-1-3-13(11-15)17(27-7-9-29-10-8-27)18-24-25-26-28(18)16-6-2-4-14(12-16)19(21,22)23/h1-6,11-12,17H,7-10H2/t17-/m0/s1. The van der Waals surface area contributed by atoms with Crippen molar-refractivity contribution in [2.45, 2.75) is 12.2 Å². The zero-order chi connectivity index (χ0) is 20.4. The van der Waals surface area contributed by atoms with E-state index in [1.807, 2.05) is 18.2 Å². The molecule has 10 heteroatoms. The molecule has 0 spiro atoms. The summed E-state index contributed by atoms with van der Waals surface area (Å²) in [4.78, 5) is 2.13. The summed E-state index contributed by atoms with van der Waals surface area (Å²) in [6.45, 7) is 2.35. The summed E-state index contributed by atoms with van der Waals surface area (Å²) in [5.41, 5.74) is 0.324. The molecule has 0 N–H and O–H groups in total. The van der Waals surface area contributed by atoms with Gasteiger partial charge >= 0.3 is 6.18 Å². The minimum atomic E-state index is -4.46. The molecule has 1 atom stereocenters. The second kappa shape index (κ2) is 8.10. The van der Waals surface area contributed by atoms with Crippen molar-refractivity contribution in [2.24, 2.45) is 0 Å². The van der Waals surface area contributed by atoms with Crippen LogP contribution in [0.15, 0.2) is 48.5 Å². The van der Waals surface area contributed by atoms with Gasteiger partial charge in [-0.15, -0.1) is 5.10 Å². The topological polar surface area (TPSA) is 56.1 Å². The average molecular weight is 424 g/mol.